The van der Waals surface area contributed by atoms with E-state index in [0.29, 0.717) is 11.6 Å². The van der Waals surface area contributed by atoms with Crippen molar-refractivity contribution in [2.24, 2.45) is 4.99 Å². The summed E-state index contributed by atoms with van der Waals surface area (Å²) in [6, 6.07) is 3.67. The predicted octanol–water partition coefficient (Wildman–Crippen LogP) is 2.97. The Balaban J connectivity index is 0.00000288. The fourth-order valence-electron chi connectivity index (χ4n) is 2.12. The molecule has 3 N–H and O–H groups in total. The van der Waals surface area contributed by atoms with Gasteiger partial charge in [0, 0.05) is 26.1 Å². The number of aromatic amines is 1. The Morgan fingerprint density at radius 2 is 2.17 bits per heavy atom. The topological polar surface area (TPSA) is 91.1 Å². The molecule has 0 fully saturated rings. The molecular formula is C16H27IN6O. The highest BCUT2D eigenvalue weighted by molar-refractivity contribution is 14.0. The molecule has 0 aliphatic carbocycles. The summed E-state index contributed by atoms with van der Waals surface area (Å²) in [6.45, 7) is 6.71. The zero-order valence-electron chi connectivity index (χ0n) is 14.3. The lowest BCUT2D eigenvalue weighted by Gasteiger charge is -2.10. The molecule has 0 saturated heterocycles. The first-order chi connectivity index (χ1) is 11.3. The van der Waals surface area contributed by atoms with Gasteiger partial charge in [-0.15, -0.1) is 24.0 Å². The second-order valence-corrected chi connectivity index (χ2v) is 5.23. The van der Waals surface area contributed by atoms with Crippen LogP contribution in [0, 0.1) is 0 Å². The molecule has 2 aromatic heterocycles. The summed E-state index contributed by atoms with van der Waals surface area (Å²) in [5.74, 6) is 2.94. The maximum absolute atomic E-state index is 5.28. The molecule has 0 radical (unpaired) electrons. The van der Waals surface area contributed by atoms with E-state index >= 15 is 0 Å². The summed E-state index contributed by atoms with van der Waals surface area (Å²) in [5.41, 5.74) is 0. The third-order valence-corrected chi connectivity index (χ3v) is 3.30. The van der Waals surface area contributed by atoms with Crippen LogP contribution in [-0.2, 0) is 6.42 Å². The van der Waals surface area contributed by atoms with Crippen molar-refractivity contribution < 1.29 is 4.42 Å². The smallest absolute Gasteiger partial charge is 0.216 e. The summed E-state index contributed by atoms with van der Waals surface area (Å²) in [5, 5.41) is 13.7. The number of hydrogen-bond acceptors (Lipinski definition) is 4. The summed E-state index contributed by atoms with van der Waals surface area (Å²) in [4.78, 5) is 8.98. The molecule has 2 rings (SSSR count). The van der Waals surface area contributed by atoms with E-state index in [9.17, 15) is 0 Å². The fraction of sp³-hybridized carbons (Fsp3) is 0.562. The Bertz CT molecular complexity index is 581. The van der Waals surface area contributed by atoms with Gasteiger partial charge in [0.05, 0.1) is 6.26 Å². The van der Waals surface area contributed by atoms with Crippen LogP contribution in [0.2, 0.25) is 0 Å². The lowest BCUT2D eigenvalue weighted by atomic mass is 10.2. The average Bonchev–Trinajstić information content (AvgIpc) is 3.22. The number of H-pyrrole nitrogens is 1. The molecule has 0 unspecified atom stereocenters. The highest BCUT2D eigenvalue weighted by Crippen LogP contribution is 2.14. The molecular weight excluding hydrogens is 419 g/mol. The van der Waals surface area contributed by atoms with E-state index in [1.807, 2.05) is 12.1 Å². The molecule has 2 heterocycles. The summed E-state index contributed by atoms with van der Waals surface area (Å²) >= 11 is 0. The van der Waals surface area contributed by atoms with E-state index < -0.39 is 0 Å². The van der Waals surface area contributed by atoms with Crippen molar-refractivity contribution in [3.05, 3.63) is 24.2 Å². The molecule has 0 saturated carbocycles. The zero-order chi connectivity index (χ0) is 16.3. The molecule has 0 aliphatic rings. The van der Waals surface area contributed by atoms with Crippen LogP contribution in [0.1, 0.15) is 38.9 Å². The van der Waals surface area contributed by atoms with Crippen LogP contribution in [0.3, 0.4) is 0 Å². The van der Waals surface area contributed by atoms with Gasteiger partial charge in [-0.05, 0) is 25.5 Å². The Kier molecular flexibility index (Phi) is 10.1. The van der Waals surface area contributed by atoms with Crippen molar-refractivity contribution in [2.75, 3.05) is 19.6 Å². The van der Waals surface area contributed by atoms with Gasteiger partial charge < -0.3 is 15.1 Å². The number of unbranched alkanes of at least 4 members (excludes halogenated alkanes) is 2. The van der Waals surface area contributed by atoms with Crippen molar-refractivity contribution in [3.63, 3.8) is 0 Å². The van der Waals surface area contributed by atoms with Gasteiger partial charge in [0.1, 0.15) is 5.82 Å². The van der Waals surface area contributed by atoms with Crippen molar-refractivity contribution in [1.82, 2.24) is 25.8 Å². The van der Waals surface area contributed by atoms with Crippen LogP contribution in [0.5, 0.6) is 0 Å². The van der Waals surface area contributed by atoms with Crippen molar-refractivity contribution in [2.45, 2.75) is 39.5 Å². The van der Waals surface area contributed by atoms with Gasteiger partial charge in [-0.3, -0.25) is 10.1 Å². The minimum atomic E-state index is 0. The van der Waals surface area contributed by atoms with E-state index in [2.05, 4.69) is 44.7 Å². The first-order valence-corrected chi connectivity index (χ1v) is 8.30. The van der Waals surface area contributed by atoms with Crippen LogP contribution >= 0.6 is 24.0 Å². The highest BCUT2D eigenvalue weighted by atomic mass is 127. The molecule has 0 amide bonds. The maximum atomic E-state index is 5.28. The Hall–Kier alpha value is -1.58. The molecule has 7 nitrogen and oxygen atoms in total. The number of guanidine groups is 1. The molecule has 24 heavy (non-hydrogen) atoms. The normalized spacial score (nSPS) is 11.2. The second kappa shape index (κ2) is 11.9. The quantitative estimate of drug-likeness (QED) is 0.239. The van der Waals surface area contributed by atoms with E-state index in [1.54, 1.807) is 6.26 Å². The van der Waals surface area contributed by atoms with Gasteiger partial charge in [-0.1, -0.05) is 19.8 Å². The van der Waals surface area contributed by atoms with Crippen LogP contribution in [0.4, 0.5) is 0 Å². The molecule has 8 heteroatoms. The average molecular weight is 446 g/mol. The monoisotopic (exact) mass is 446 g/mol. The van der Waals surface area contributed by atoms with Gasteiger partial charge in [-0.2, -0.15) is 5.10 Å². The van der Waals surface area contributed by atoms with Gasteiger partial charge in [0.25, 0.3) is 0 Å². The largest absolute Gasteiger partial charge is 0.461 e. The first-order valence-electron chi connectivity index (χ1n) is 8.30. The summed E-state index contributed by atoms with van der Waals surface area (Å²) in [7, 11) is 0. The van der Waals surface area contributed by atoms with E-state index in [1.165, 1.54) is 12.8 Å². The summed E-state index contributed by atoms with van der Waals surface area (Å²) in [6.07, 6.45) is 5.92. The SMILES string of the molecule is CCCCCN=C(NCC)NCCc1nc(-c2ccco2)n[nH]1.I. The van der Waals surface area contributed by atoms with Crippen LogP contribution in [0.15, 0.2) is 27.8 Å². The molecule has 2 aromatic rings. The predicted molar refractivity (Wildman–Crippen MR) is 107 cm³/mol. The maximum Gasteiger partial charge on any atom is 0.216 e. The number of nitrogens with zero attached hydrogens (tertiary/aromatic N) is 3. The van der Waals surface area contributed by atoms with Gasteiger partial charge in [0.2, 0.25) is 5.82 Å². The summed E-state index contributed by atoms with van der Waals surface area (Å²) < 4.78 is 5.28. The molecule has 0 aliphatic heterocycles. The van der Waals surface area contributed by atoms with E-state index in [0.717, 1.165) is 44.3 Å². The minimum absolute atomic E-state index is 0. The Morgan fingerprint density at radius 1 is 1.29 bits per heavy atom. The number of nitrogens with one attached hydrogen (secondary N) is 3. The van der Waals surface area contributed by atoms with Gasteiger partial charge in [-0.25, -0.2) is 4.98 Å². The second-order valence-electron chi connectivity index (χ2n) is 5.23. The fourth-order valence-corrected chi connectivity index (χ4v) is 2.12. The molecule has 0 aromatic carbocycles. The molecule has 0 spiro atoms. The van der Waals surface area contributed by atoms with Crippen LogP contribution < -0.4 is 10.6 Å². The third-order valence-electron chi connectivity index (χ3n) is 3.30. The molecule has 134 valence electrons. The number of aliphatic imine (C=N–C) groups is 1. The van der Waals surface area contributed by atoms with Crippen molar-refractivity contribution >= 4 is 29.9 Å². The van der Waals surface area contributed by atoms with E-state index in [-0.39, 0.29) is 24.0 Å². The Morgan fingerprint density at radius 3 is 2.88 bits per heavy atom. The zero-order valence-corrected chi connectivity index (χ0v) is 16.7. The lowest BCUT2D eigenvalue weighted by molar-refractivity contribution is 0.577. The minimum Gasteiger partial charge on any atom is -0.461 e. The number of halogens is 1. The van der Waals surface area contributed by atoms with Gasteiger partial charge >= 0.3 is 0 Å². The lowest BCUT2D eigenvalue weighted by Crippen LogP contribution is -2.38. The first kappa shape index (κ1) is 20.5. The number of hydrogen-bond donors (Lipinski definition) is 3. The van der Waals surface area contributed by atoms with Crippen LogP contribution in [-0.4, -0.2) is 40.8 Å². The van der Waals surface area contributed by atoms with Crippen molar-refractivity contribution in [3.8, 4) is 11.6 Å². The highest BCUT2D eigenvalue weighted by Gasteiger charge is 2.08. The standard InChI is InChI=1S/C16H26N6O.HI/c1-3-5-6-10-18-16(17-4-2)19-11-9-14-20-15(22-21-14)13-8-7-12-23-13;/h7-8,12H,3-6,9-11H2,1-2H3,(H2,17,18,19)(H,20,21,22);1H. The Labute approximate surface area is 160 Å². The van der Waals surface area contributed by atoms with Gasteiger partial charge in [0.15, 0.2) is 11.7 Å². The molecule has 0 bridgehead atoms. The van der Waals surface area contributed by atoms with E-state index in [4.69, 9.17) is 4.42 Å². The number of rotatable bonds is 9. The number of aromatic nitrogens is 3. The van der Waals surface area contributed by atoms with Crippen molar-refractivity contribution in [1.29, 1.82) is 0 Å². The number of furan rings is 1. The molecule has 0 atom stereocenters. The van der Waals surface area contributed by atoms with Crippen LogP contribution in [0.25, 0.3) is 11.6 Å². The third kappa shape index (κ3) is 6.90.